The molecule has 2 N–H and O–H groups in total. The van der Waals surface area contributed by atoms with Crippen molar-refractivity contribution in [1.29, 1.82) is 0 Å². The normalized spacial score (nSPS) is 11.6. The summed E-state index contributed by atoms with van der Waals surface area (Å²) in [6, 6.07) is 12.4. The van der Waals surface area contributed by atoms with Crippen molar-refractivity contribution in [2.24, 2.45) is 0 Å². The summed E-state index contributed by atoms with van der Waals surface area (Å²) in [5, 5.41) is 8.47. The Balaban J connectivity index is 1.41. The Kier molecular flexibility index (Phi) is 5.78. The molecule has 10 heteroatoms. The molecule has 0 bridgehead atoms. The third kappa shape index (κ3) is 4.50. The smallest absolute Gasteiger partial charge is 0.159 e. The van der Waals surface area contributed by atoms with Gasteiger partial charge in [0.15, 0.2) is 5.82 Å². The van der Waals surface area contributed by atoms with E-state index in [0.717, 1.165) is 34.2 Å². The van der Waals surface area contributed by atoms with Crippen LogP contribution in [0, 0.1) is 5.82 Å². The zero-order chi connectivity index (χ0) is 25.4. The van der Waals surface area contributed by atoms with Gasteiger partial charge >= 0.3 is 0 Å². The van der Waals surface area contributed by atoms with Crippen LogP contribution in [0.25, 0.3) is 56.0 Å². The minimum Gasteiger partial charge on any atom is -0.492 e. The first-order chi connectivity index (χ1) is 18.0. The highest BCUT2D eigenvalue weighted by atomic mass is 19.1. The number of H-pyrrole nitrogens is 2. The zero-order valence-electron chi connectivity index (χ0n) is 20.2. The molecule has 0 fully saturated rings. The molecule has 6 aromatic rings. The largest absolute Gasteiger partial charge is 0.492 e. The molecule has 0 aliphatic heterocycles. The van der Waals surface area contributed by atoms with E-state index in [-0.39, 0.29) is 0 Å². The summed E-state index contributed by atoms with van der Waals surface area (Å²) in [4.78, 5) is 23.3. The number of ether oxygens (including phenoxy) is 1. The molecule has 0 atom stereocenters. The summed E-state index contributed by atoms with van der Waals surface area (Å²) in [7, 11) is 3.92. The molecule has 0 spiro atoms. The van der Waals surface area contributed by atoms with Crippen molar-refractivity contribution < 1.29 is 9.13 Å². The fourth-order valence-corrected chi connectivity index (χ4v) is 4.19. The molecule has 0 unspecified atom stereocenters. The van der Waals surface area contributed by atoms with E-state index in [1.165, 1.54) is 12.1 Å². The second-order valence-electron chi connectivity index (χ2n) is 8.89. The third-order valence-electron chi connectivity index (χ3n) is 6.00. The van der Waals surface area contributed by atoms with Crippen molar-refractivity contribution in [3.8, 4) is 39.8 Å². The molecule has 0 radical (unpaired) electrons. The van der Waals surface area contributed by atoms with E-state index >= 15 is 0 Å². The van der Waals surface area contributed by atoms with E-state index < -0.39 is 5.82 Å². The maximum absolute atomic E-state index is 14.5. The number of aromatic nitrogens is 7. The third-order valence-corrected chi connectivity index (χ3v) is 6.00. The highest BCUT2D eigenvalue weighted by molar-refractivity contribution is 5.97. The molecule has 37 heavy (non-hydrogen) atoms. The maximum atomic E-state index is 14.5. The summed E-state index contributed by atoms with van der Waals surface area (Å²) < 4.78 is 20.3. The fraction of sp³-hybridized carbons (Fsp3) is 0.148. The monoisotopic (exact) mass is 494 g/mol. The van der Waals surface area contributed by atoms with Gasteiger partial charge in [-0.05, 0) is 44.4 Å². The molecule has 4 aromatic heterocycles. The lowest BCUT2D eigenvalue weighted by molar-refractivity contribution is 0.260. The van der Waals surface area contributed by atoms with Crippen LogP contribution in [0.4, 0.5) is 4.39 Å². The average Bonchev–Trinajstić information content (AvgIpc) is 3.52. The van der Waals surface area contributed by atoms with Gasteiger partial charge in [-0.2, -0.15) is 5.10 Å². The summed E-state index contributed by atoms with van der Waals surface area (Å²) >= 11 is 0. The van der Waals surface area contributed by atoms with Crippen LogP contribution in [0.1, 0.15) is 0 Å². The van der Waals surface area contributed by atoms with Crippen molar-refractivity contribution in [2.75, 3.05) is 27.2 Å². The van der Waals surface area contributed by atoms with E-state index in [1.54, 1.807) is 30.9 Å². The Hall–Kier alpha value is -4.70. The number of hydrogen-bond donors (Lipinski definition) is 2. The second-order valence-corrected chi connectivity index (χ2v) is 8.89. The Morgan fingerprint density at radius 1 is 0.919 bits per heavy atom. The molecule has 6 rings (SSSR count). The number of rotatable bonds is 7. The fourth-order valence-electron chi connectivity index (χ4n) is 4.19. The first kappa shape index (κ1) is 22.7. The van der Waals surface area contributed by atoms with Crippen molar-refractivity contribution >= 4 is 21.9 Å². The van der Waals surface area contributed by atoms with Gasteiger partial charge in [0, 0.05) is 47.7 Å². The number of hydrogen-bond acceptors (Lipinski definition) is 7. The van der Waals surface area contributed by atoms with Gasteiger partial charge in [0.1, 0.15) is 29.4 Å². The predicted octanol–water partition coefficient (Wildman–Crippen LogP) is 4.70. The van der Waals surface area contributed by atoms with Crippen LogP contribution in [0.2, 0.25) is 0 Å². The zero-order valence-corrected chi connectivity index (χ0v) is 20.2. The molecule has 0 amide bonds. The van der Waals surface area contributed by atoms with Gasteiger partial charge in [-0.15, -0.1) is 0 Å². The summed E-state index contributed by atoms with van der Waals surface area (Å²) in [5.74, 6) is 0.619. The molecule has 0 aliphatic carbocycles. The van der Waals surface area contributed by atoms with Crippen LogP contribution in [-0.2, 0) is 0 Å². The van der Waals surface area contributed by atoms with Crippen molar-refractivity contribution in [1.82, 2.24) is 40.0 Å². The predicted molar refractivity (Wildman–Crippen MR) is 139 cm³/mol. The lowest BCUT2D eigenvalue weighted by atomic mass is 10.1. The number of nitrogens with one attached hydrogen (secondary N) is 2. The van der Waals surface area contributed by atoms with Crippen LogP contribution in [0.3, 0.4) is 0 Å². The Bertz CT molecular complexity index is 1710. The highest BCUT2D eigenvalue weighted by Gasteiger charge is 2.17. The quantitative estimate of drug-likeness (QED) is 0.331. The summed E-state index contributed by atoms with van der Waals surface area (Å²) in [6.07, 6.45) is 6.70. The van der Waals surface area contributed by atoms with Crippen LogP contribution in [-0.4, -0.2) is 67.3 Å². The van der Waals surface area contributed by atoms with Gasteiger partial charge in [-0.1, -0.05) is 6.07 Å². The molecule has 0 aliphatic rings. The first-order valence-electron chi connectivity index (χ1n) is 11.7. The van der Waals surface area contributed by atoms with E-state index in [0.29, 0.717) is 40.6 Å². The van der Waals surface area contributed by atoms with Crippen LogP contribution < -0.4 is 4.74 Å². The van der Waals surface area contributed by atoms with Crippen LogP contribution in [0.5, 0.6) is 5.75 Å². The van der Waals surface area contributed by atoms with Crippen LogP contribution in [0.15, 0.2) is 67.3 Å². The van der Waals surface area contributed by atoms with Gasteiger partial charge in [0.2, 0.25) is 0 Å². The van der Waals surface area contributed by atoms with Crippen molar-refractivity contribution in [2.45, 2.75) is 0 Å². The van der Waals surface area contributed by atoms with Crippen molar-refractivity contribution in [3.63, 3.8) is 0 Å². The van der Waals surface area contributed by atoms with E-state index in [9.17, 15) is 4.39 Å². The van der Waals surface area contributed by atoms with E-state index in [1.807, 2.05) is 43.3 Å². The molecule has 0 saturated carbocycles. The van der Waals surface area contributed by atoms with Gasteiger partial charge in [-0.25, -0.2) is 9.37 Å². The molecule has 0 saturated heterocycles. The number of pyridine rings is 1. The first-order valence-corrected chi connectivity index (χ1v) is 11.7. The number of nitrogens with zero attached hydrogens (tertiary/aromatic N) is 6. The molecular formula is C27H23FN8O. The van der Waals surface area contributed by atoms with Gasteiger partial charge in [-0.3, -0.25) is 20.1 Å². The molecule has 2 aromatic carbocycles. The molecule has 4 heterocycles. The molecular weight excluding hydrogens is 471 g/mol. The minimum absolute atomic E-state index is 0.401. The number of likely N-dealkylation sites (N-methyl/N-ethyl adjacent to an activating group) is 1. The number of halogens is 1. The highest BCUT2D eigenvalue weighted by Crippen LogP contribution is 2.33. The Labute approximate surface area is 211 Å². The maximum Gasteiger partial charge on any atom is 0.159 e. The molecule has 184 valence electrons. The Morgan fingerprint density at radius 2 is 1.84 bits per heavy atom. The van der Waals surface area contributed by atoms with Gasteiger partial charge in [0.05, 0.1) is 28.6 Å². The summed E-state index contributed by atoms with van der Waals surface area (Å²) in [5.41, 5.74) is 5.73. The van der Waals surface area contributed by atoms with E-state index in [2.05, 4.69) is 30.1 Å². The minimum atomic E-state index is -0.401. The van der Waals surface area contributed by atoms with Gasteiger partial charge in [0.25, 0.3) is 0 Å². The lowest BCUT2D eigenvalue weighted by Crippen LogP contribution is -2.19. The van der Waals surface area contributed by atoms with Gasteiger partial charge < -0.3 is 14.6 Å². The van der Waals surface area contributed by atoms with Crippen LogP contribution >= 0.6 is 0 Å². The topological polar surface area (TPSA) is 108 Å². The standard InChI is InChI=1S/C27H23FN8O/c1-36(2)9-10-37-19-12-17(11-18(28)14-19)24-26-22(5-6-31-24)32-27(33-26)25-20-13-16(3-4-21(20)34-35-25)23-15-29-7-8-30-23/h3-8,11-15H,9-10H2,1-2H3,(H,32,33)(H,34,35). The SMILES string of the molecule is CN(C)CCOc1cc(F)cc(-c2nccc3[nH]c(-c4n[nH]c5ccc(-c6cnccn6)cc45)nc23)c1. The number of aromatic amines is 2. The number of imidazole rings is 1. The Morgan fingerprint density at radius 3 is 2.68 bits per heavy atom. The van der Waals surface area contributed by atoms with Crippen molar-refractivity contribution in [3.05, 3.63) is 73.1 Å². The second kappa shape index (κ2) is 9.40. The number of fused-ring (bicyclic) bond motifs is 2. The number of benzene rings is 2. The average molecular weight is 495 g/mol. The molecule has 9 nitrogen and oxygen atoms in total. The lowest BCUT2D eigenvalue weighted by Gasteiger charge is -2.12. The summed E-state index contributed by atoms with van der Waals surface area (Å²) in [6.45, 7) is 1.17. The van der Waals surface area contributed by atoms with E-state index in [4.69, 9.17) is 9.72 Å².